The molecule has 1 unspecified atom stereocenters. The summed E-state index contributed by atoms with van der Waals surface area (Å²) in [5.41, 5.74) is 3.42. The van der Waals surface area contributed by atoms with Crippen molar-refractivity contribution in [2.45, 2.75) is 69.1 Å². The van der Waals surface area contributed by atoms with Crippen molar-refractivity contribution in [1.29, 1.82) is 0 Å². The van der Waals surface area contributed by atoms with Crippen molar-refractivity contribution < 1.29 is 28.0 Å². The van der Waals surface area contributed by atoms with E-state index in [0.29, 0.717) is 37.2 Å². The van der Waals surface area contributed by atoms with Crippen LogP contribution in [0.25, 0.3) is 0 Å². The minimum absolute atomic E-state index is 0.0805. The van der Waals surface area contributed by atoms with Gasteiger partial charge in [-0.1, -0.05) is 36.7 Å². The number of anilines is 1. The molecule has 1 spiro atoms. The Balaban J connectivity index is 1.33. The maximum Gasteiger partial charge on any atom is 0.286 e. The van der Waals surface area contributed by atoms with Gasteiger partial charge in [-0.2, -0.15) is 0 Å². The second kappa shape index (κ2) is 14.5. The summed E-state index contributed by atoms with van der Waals surface area (Å²) in [5, 5.41) is 4.20. The van der Waals surface area contributed by atoms with Crippen LogP contribution in [-0.4, -0.2) is 71.1 Å². The van der Waals surface area contributed by atoms with Crippen LogP contribution in [0.3, 0.4) is 0 Å². The third kappa shape index (κ3) is 6.85. The summed E-state index contributed by atoms with van der Waals surface area (Å²) in [7, 11) is 1.15. The van der Waals surface area contributed by atoms with E-state index in [1.807, 2.05) is 25.1 Å². The number of methoxy groups -OCH3 is 2. The minimum Gasteiger partial charge on any atom is -0.490 e. The highest BCUT2D eigenvalue weighted by Crippen LogP contribution is 2.47. The maximum atomic E-state index is 14.9. The number of amides is 2. The molecule has 4 aliphatic rings. The van der Waals surface area contributed by atoms with E-state index in [4.69, 9.17) is 25.8 Å². The highest BCUT2D eigenvalue weighted by Gasteiger charge is 2.44. The van der Waals surface area contributed by atoms with Crippen molar-refractivity contribution in [2.75, 3.05) is 38.8 Å². The lowest BCUT2D eigenvalue weighted by Crippen LogP contribution is -2.49. The Morgan fingerprint density at radius 1 is 1.15 bits per heavy atom. The average Bonchev–Trinajstić information content (AvgIpc) is 3.43. The lowest BCUT2D eigenvalue weighted by atomic mass is 9.68. The number of aromatic nitrogens is 2. The number of fused-ring (bicyclic) bond motifs is 4. The van der Waals surface area contributed by atoms with E-state index in [2.05, 4.69) is 43.4 Å². The summed E-state index contributed by atoms with van der Waals surface area (Å²) < 4.78 is 41.4. The van der Waals surface area contributed by atoms with E-state index < -0.39 is 27.0 Å². The molecule has 278 valence electrons. The molecule has 2 bridgehead atoms. The van der Waals surface area contributed by atoms with Gasteiger partial charge >= 0.3 is 0 Å². The van der Waals surface area contributed by atoms with Gasteiger partial charge in [-0.3, -0.25) is 19.0 Å². The van der Waals surface area contributed by atoms with Gasteiger partial charge in [-0.15, -0.1) is 9.46 Å². The molecule has 2 aliphatic heterocycles. The molecular weight excluding hydrogens is 702 g/mol. The molecule has 1 fully saturated rings. The summed E-state index contributed by atoms with van der Waals surface area (Å²) in [6.07, 6.45) is 11.2. The molecule has 7 rings (SSSR count). The zero-order valence-corrected chi connectivity index (χ0v) is 32.0. The Bertz CT molecular complexity index is 2020. The third-order valence-electron chi connectivity index (χ3n) is 11.7. The second-order valence-electron chi connectivity index (χ2n) is 15.0. The molecule has 1 saturated carbocycles. The largest absolute Gasteiger partial charge is 0.490 e. The van der Waals surface area contributed by atoms with E-state index in [1.165, 1.54) is 29.1 Å². The Morgan fingerprint density at radius 2 is 1.98 bits per heavy atom. The molecule has 1 aromatic heterocycles. The number of halogens is 1. The highest BCUT2D eigenvalue weighted by molar-refractivity contribution is 7.93. The van der Waals surface area contributed by atoms with Gasteiger partial charge < -0.3 is 19.1 Å². The van der Waals surface area contributed by atoms with Crippen LogP contribution in [0.1, 0.15) is 77.8 Å². The van der Waals surface area contributed by atoms with Gasteiger partial charge in [0.2, 0.25) is 5.88 Å². The van der Waals surface area contributed by atoms with Crippen molar-refractivity contribution in [3.63, 3.8) is 0 Å². The molecule has 2 aliphatic carbocycles. The van der Waals surface area contributed by atoms with Gasteiger partial charge in [-0.05, 0) is 105 Å². The maximum absolute atomic E-state index is 14.9. The zero-order chi connectivity index (χ0) is 36.8. The van der Waals surface area contributed by atoms with E-state index in [0.717, 1.165) is 49.4 Å². The van der Waals surface area contributed by atoms with Crippen molar-refractivity contribution in [1.82, 2.24) is 14.5 Å². The molecule has 13 heteroatoms. The summed E-state index contributed by atoms with van der Waals surface area (Å²) in [5.74, 6) is -0.109. The van der Waals surface area contributed by atoms with Crippen LogP contribution in [0, 0.1) is 17.8 Å². The van der Waals surface area contributed by atoms with Crippen LogP contribution < -0.4 is 19.1 Å². The summed E-state index contributed by atoms with van der Waals surface area (Å²) in [6.45, 7) is 5.68. The standard InChI is InChI=1S/C39H48ClN5O6S/c1-24-8-6-10-34(49-4)30-14-11-28(30)20-45-22-39(17-7-9-26-18-29(40)13-15-32(26)39)23-51-35-16-12-27(19-33(35)45)36(46)42-52(48,25(24)2)43-37(47)31-21-44(3)41-38(31)50-5/h6,10,12-13,15-16,18-19,21,24-25,28,30,34H,7-9,11,14,17,20,22-23H2,1-5H3,(H,42,43,46,47,48)/b10-6-/t24-,25+,28-,30+,34-,39-,52?/m0/s1. The number of nitrogens with zero attached hydrogens (tertiary/aromatic N) is 4. The van der Waals surface area contributed by atoms with Crippen molar-refractivity contribution in [3.05, 3.63) is 82.0 Å². The first-order valence-electron chi connectivity index (χ1n) is 18.1. The first-order chi connectivity index (χ1) is 24.9. The fourth-order valence-electron chi connectivity index (χ4n) is 8.45. The van der Waals surface area contributed by atoms with Crippen LogP contribution >= 0.6 is 11.6 Å². The number of benzene rings is 2. The Kier molecular flexibility index (Phi) is 10.2. The fourth-order valence-corrected chi connectivity index (χ4v) is 10.5. The molecular formula is C39H48ClN5O6S. The number of ether oxygens (including phenoxy) is 3. The van der Waals surface area contributed by atoms with Crippen molar-refractivity contribution in [2.24, 2.45) is 29.2 Å². The molecule has 1 N–H and O–H groups in total. The summed E-state index contributed by atoms with van der Waals surface area (Å²) in [6, 6.07) is 11.5. The minimum atomic E-state index is -3.67. The van der Waals surface area contributed by atoms with Gasteiger partial charge in [0.05, 0.1) is 30.8 Å². The normalized spacial score (nSPS) is 30.8. The molecule has 7 atom stereocenters. The second-order valence-corrected chi connectivity index (χ2v) is 17.7. The first kappa shape index (κ1) is 36.5. The van der Waals surface area contributed by atoms with Crippen molar-refractivity contribution >= 4 is 39.0 Å². The van der Waals surface area contributed by atoms with E-state index in [9.17, 15) is 13.8 Å². The topological polar surface area (TPSA) is 124 Å². The van der Waals surface area contributed by atoms with Crippen molar-refractivity contribution in [3.8, 4) is 11.6 Å². The molecule has 52 heavy (non-hydrogen) atoms. The SMILES string of the molecule is COc1nn(C)cc1C(=O)NS1(=O)=NC(=O)c2ccc3c(c2)N(C[C@@H]2CC[C@H]2[C@@H](OC)/C=C\C[C@H](C)[C@H]1C)C[C@@]1(CCCc2cc(Cl)ccc21)CO3. The lowest BCUT2D eigenvalue weighted by Gasteiger charge is -2.46. The van der Waals surface area contributed by atoms with Crippen LogP contribution in [0.4, 0.5) is 5.69 Å². The number of allylic oxidation sites excluding steroid dienone is 1. The summed E-state index contributed by atoms with van der Waals surface area (Å²) >= 11 is 6.46. The molecule has 2 aromatic carbocycles. The van der Waals surface area contributed by atoms with E-state index >= 15 is 0 Å². The molecule has 11 nitrogen and oxygen atoms in total. The predicted octanol–water partition coefficient (Wildman–Crippen LogP) is 6.53. The Morgan fingerprint density at radius 3 is 2.73 bits per heavy atom. The lowest BCUT2D eigenvalue weighted by molar-refractivity contribution is 0.0131. The Hall–Kier alpha value is -3.87. The molecule has 0 saturated heterocycles. The highest BCUT2D eigenvalue weighted by atomic mass is 35.5. The van der Waals surface area contributed by atoms with Gasteiger partial charge in [0, 0.05) is 49.4 Å². The average molecular weight is 750 g/mol. The van der Waals surface area contributed by atoms with Crippen LogP contribution in [0.2, 0.25) is 5.02 Å². The van der Waals surface area contributed by atoms with Gasteiger partial charge in [-0.25, -0.2) is 4.21 Å². The van der Waals surface area contributed by atoms with Crippen LogP contribution in [0.15, 0.2) is 59.1 Å². The molecule has 0 radical (unpaired) electrons. The Labute approximate surface area is 311 Å². The van der Waals surface area contributed by atoms with Crippen LogP contribution in [-0.2, 0) is 33.5 Å². The number of carbonyl (C=O) groups excluding carboxylic acids is 2. The first-order valence-corrected chi connectivity index (χ1v) is 20.1. The van der Waals surface area contributed by atoms with E-state index in [1.54, 1.807) is 27.1 Å². The summed E-state index contributed by atoms with van der Waals surface area (Å²) in [4.78, 5) is 30.2. The van der Waals surface area contributed by atoms with Gasteiger partial charge in [0.1, 0.15) is 21.2 Å². The smallest absolute Gasteiger partial charge is 0.286 e. The third-order valence-corrected chi connectivity index (χ3v) is 14.4. The molecule has 3 aromatic rings. The monoisotopic (exact) mass is 749 g/mol. The van der Waals surface area contributed by atoms with E-state index in [-0.39, 0.29) is 34.4 Å². The zero-order valence-electron chi connectivity index (χ0n) is 30.5. The molecule has 2 amide bonds. The predicted molar refractivity (Wildman–Crippen MR) is 202 cm³/mol. The number of carbonyl (C=O) groups is 2. The molecule has 3 heterocycles. The number of hydrogen-bond acceptors (Lipinski definition) is 8. The number of aryl methyl sites for hydroxylation is 2. The quantitative estimate of drug-likeness (QED) is 0.299. The van der Waals surface area contributed by atoms with Gasteiger partial charge in [0.15, 0.2) is 0 Å². The number of nitrogens with one attached hydrogen (secondary N) is 1. The number of rotatable bonds is 4. The number of hydrogen-bond donors (Lipinski definition) is 1. The van der Waals surface area contributed by atoms with Crippen LogP contribution in [0.5, 0.6) is 11.6 Å². The van der Waals surface area contributed by atoms with Gasteiger partial charge in [0.25, 0.3) is 11.8 Å². The fraction of sp³-hybridized carbons (Fsp3) is 0.513.